The number of rotatable bonds is 6. The quantitative estimate of drug-likeness (QED) is 0.258. The van der Waals surface area contributed by atoms with Gasteiger partial charge in [0.25, 0.3) is 11.8 Å². The van der Waals surface area contributed by atoms with E-state index in [9.17, 15) is 9.59 Å². The number of carbonyl (C=O) groups excluding carboxylic acids is 2. The maximum Gasteiger partial charge on any atom is 0.272 e. The highest BCUT2D eigenvalue weighted by atomic mass is 32.1. The molecule has 3 N–H and O–H groups in total. The zero-order chi connectivity index (χ0) is 25.6. The van der Waals surface area contributed by atoms with Gasteiger partial charge < -0.3 is 19.5 Å². The minimum absolute atomic E-state index is 0.0860. The first kappa shape index (κ1) is 24.4. The number of nitrogens with one attached hydrogen (secondary N) is 1. The van der Waals surface area contributed by atoms with E-state index in [1.165, 1.54) is 24.8 Å². The van der Waals surface area contributed by atoms with Gasteiger partial charge >= 0.3 is 0 Å². The van der Waals surface area contributed by atoms with Crippen molar-refractivity contribution in [3.05, 3.63) is 69.9 Å². The molecule has 1 aromatic heterocycles. The van der Waals surface area contributed by atoms with E-state index in [1.54, 1.807) is 5.41 Å². The third kappa shape index (κ3) is 4.10. The van der Waals surface area contributed by atoms with Crippen LogP contribution in [0.3, 0.4) is 0 Å². The van der Waals surface area contributed by atoms with Crippen molar-refractivity contribution in [1.29, 1.82) is 0 Å². The van der Waals surface area contributed by atoms with Crippen LogP contribution in [0.25, 0.3) is 6.08 Å². The van der Waals surface area contributed by atoms with Crippen molar-refractivity contribution < 1.29 is 14.3 Å². The molecule has 1 aromatic carbocycles. The number of ether oxygens (including phenoxy) is 1. The average molecular weight is 519 g/mol. The summed E-state index contributed by atoms with van der Waals surface area (Å²) in [6.45, 7) is 0.497. The second kappa shape index (κ2) is 9.72. The van der Waals surface area contributed by atoms with Gasteiger partial charge in [0.05, 0.1) is 12.6 Å². The van der Waals surface area contributed by atoms with Gasteiger partial charge in [0.2, 0.25) is 0 Å². The SMILES string of the molecule is NCOc1ccc(C2C=CC3(C(=O)NC4CCCCCCC4)Cn4c(/C=C\S)c5c(c4C(=O)N23)C5)cc1. The fourth-order valence-corrected chi connectivity index (χ4v) is 6.60. The van der Waals surface area contributed by atoms with Crippen LogP contribution >= 0.6 is 12.6 Å². The van der Waals surface area contributed by atoms with E-state index in [1.807, 2.05) is 52.0 Å². The summed E-state index contributed by atoms with van der Waals surface area (Å²) < 4.78 is 7.45. The second-order valence-electron chi connectivity index (χ2n) is 10.6. The lowest BCUT2D eigenvalue weighted by molar-refractivity contribution is -0.131. The summed E-state index contributed by atoms with van der Waals surface area (Å²) in [6.07, 6.45) is 14.7. The molecule has 2 unspecified atom stereocenters. The minimum atomic E-state index is -1.09. The van der Waals surface area contributed by atoms with E-state index in [-0.39, 0.29) is 30.6 Å². The van der Waals surface area contributed by atoms with Crippen molar-refractivity contribution in [3.8, 4) is 5.75 Å². The summed E-state index contributed by atoms with van der Waals surface area (Å²) in [5.41, 5.74) is 9.35. The molecular weight excluding hydrogens is 484 g/mol. The number of hydrogen-bond acceptors (Lipinski definition) is 5. The molecule has 194 valence electrons. The Morgan fingerprint density at radius 3 is 2.57 bits per heavy atom. The Balaban J connectivity index is 1.38. The van der Waals surface area contributed by atoms with E-state index in [0.717, 1.165) is 48.9 Å². The van der Waals surface area contributed by atoms with Gasteiger partial charge in [0, 0.05) is 18.2 Å². The third-order valence-corrected chi connectivity index (χ3v) is 8.52. The van der Waals surface area contributed by atoms with Crippen LogP contribution in [0.5, 0.6) is 5.75 Å². The summed E-state index contributed by atoms with van der Waals surface area (Å²) in [6, 6.07) is 7.42. The van der Waals surface area contributed by atoms with E-state index in [4.69, 9.17) is 10.5 Å². The Kier molecular flexibility index (Phi) is 6.41. The molecule has 0 bridgehead atoms. The Bertz CT molecular complexity index is 1270. The molecule has 2 amide bonds. The van der Waals surface area contributed by atoms with Crippen LogP contribution in [0.15, 0.2) is 41.8 Å². The normalized spacial score (nSPS) is 24.9. The first-order valence-electron chi connectivity index (χ1n) is 13.4. The smallest absolute Gasteiger partial charge is 0.272 e. The predicted molar refractivity (Wildman–Crippen MR) is 146 cm³/mol. The Hall–Kier alpha value is -2.97. The number of aromatic nitrogens is 1. The fraction of sp³-hybridized carbons (Fsp3) is 0.448. The van der Waals surface area contributed by atoms with Crippen molar-refractivity contribution in [3.63, 3.8) is 0 Å². The molecule has 2 aromatic rings. The molecule has 0 radical (unpaired) electrons. The number of fused-ring (bicyclic) bond motifs is 4. The van der Waals surface area contributed by atoms with Crippen molar-refractivity contribution in [1.82, 2.24) is 14.8 Å². The van der Waals surface area contributed by atoms with Gasteiger partial charge in [0.1, 0.15) is 18.2 Å². The molecule has 1 fully saturated rings. The maximum absolute atomic E-state index is 14.2. The second-order valence-corrected chi connectivity index (χ2v) is 10.9. The highest BCUT2D eigenvalue weighted by Gasteiger charge is 2.57. The van der Waals surface area contributed by atoms with Gasteiger partial charge in [0.15, 0.2) is 5.54 Å². The number of carbonyl (C=O) groups is 2. The lowest BCUT2D eigenvalue weighted by Crippen LogP contribution is -2.64. The summed E-state index contributed by atoms with van der Waals surface area (Å²) in [4.78, 5) is 30.2. The fourth-order valence-electron chi connectivity index (χ4n) is 6.46. The van der Waals surface area contributed by atoms with Gasteiger partial charge in [-0.2, -0.15) is 12.6 Å². The number of nitrogens with two attached hydrogens (primary N) is 1. The summed E-state index contributed by atoms with van der Waals surface area (Å²) in [7, 11) is 0. The highest BCUT2D eigenvalue weighted by molar-refractivity contribution is 7.83. The van der Waals surface area contributed by atoms with E-state index in [0.29, 0.717) is 18.0 Å². The van der Waals surface area contributed by atoms with E-state index < -0.39 is 5.54 Å². The molecule has 0 saturated heterocycles. The monoisotopic (exact) mass is 518 g/mol. The maximum atomic E-state index is 14.2. The lowest BCUT2D eigenvalue weighted by atomic mass is 9.91. The van der Waals surface area contributed by atoms with E-state index >= 15 is 0 Å². The molecule has 4 aliphatic rings. The Labute approximate surface area is 223 Å². The highest BCUT2D eigenvalue weighted by Crippen LogP contribution is 2.48. The summed E-state index contributed by atoms with van der Waals surface area (Å²) in [5, 5.41) is 5.08. The average Bonchev–Trinajstić information content (AvgIpc) is 3.45. The van der Waals surface area contributed by atoms with Crippen LogP contribution in [-0.2, 0) is 17.8 Å². The van der Waals surface area contributed by atoms with Gasteiger partial charge in [-0.05, 0) is 59.2 Å². The molecule has 7 nitrogen and oxygen atoms in total. The molecule has 6 rings (SSSR count). The molecule has 0 spiro atoms. The summed E-state index contributed by atoms with van der Waals surface area (Å²) >= 11 is 4.30. The Morgan fingerprint density at radius 1 is 1.14 bits per heavy atom. The van der Waals surface area contributed by atoms with Crippen molar-refractivity contribution in [2.24, 2.45) is 5.73 Å². The molecule has 1 saturated carbocycles. The van der Waals surface area contributed by atoms with Crippen LogP contribution in [0.2, 0.25) is 0 Å². The first-order valence-corrected chi connectivity index (χ1v) is 13.9. The molecule has 3 heterocycles. The zero-order valence-corrected chi connectivity index (χ0v) is 21.9. The first-order chi connectivity index (χ1) is 18.1. The van der Waals surface area contributed by atoms with Crippen LogP contribution in [-0.4, -0.2) is 39.6 Å². The largest absolute Gasteiger partial charge is 0.479 e. The molecule has 2 aliphatic carbocycles. The molecule has 2 atom stereocenters. The van der Waals surface area contributed by atoms with Gasteiger partial charge in [-0.3, -0.25) is 15.3 Å². The van der Waals surface area contributed by atoms with Crippen LogP contribution in [0.1, 0.15) is 83.9 Å². The number of thiol groups is 1. The predicted octanol–water partition coefficient (Wildman–Crippen LogP) is 4.32. The number of amides is 2. The minimum Gasteiger partial charge on any atom is -0.479 e. The van der Waals surface area contributed by atoms with Gasteiger partial charge in [-0.15, -0.1) is 0 Å². The number of benzene rings is 1. The van der Waals surface area contributed by atoms with Crippen molar-refractivity contribution >= 4 is 30.5 Å². The molecule has 37 heavy (non-hydrogen) atoms. The Morgan fingerprint density at radius 2 is 1.86 bits per heavy atom. The lowest BCUT2D eigenvalue weighted by Gasteiger charge is -2.45. The van der Waals surface area contributed by atoms with Crippen molar-refractivity contribution in [2.75, 3.05) is 6.73 Å². The zero-order valence-electron chi connectivity index (χ0n) is 21.0. The van der Waals surface area contributed by atoms with Gasteiger partial charge in [-0.25, -0.2) is 0 Å². The summed E-state index contributed by atoms with van der Waals surface area (Å²) in [5.74, 6) is 0.495. The van der Waals surface area contributed by atoms with Crippen LogP contribution in [0.4, 0.5) is 0 Å². The third-order valence-electron chi connectivity index (χ3n) is 8.37. The van der Waals surface area contributed by atoms with Crippen molar-refractivity contribution in [2.45, 2.75) is 75.5 Å². The van der Waals surface area contributed by atoms with Crippen LogP contribution < -0.4 is 15.8 Å². The van der Waals surface area contributed by atoms with Gasteiger partial charge in [-0.1, -0.05) is 50.3 Å². The molecule has 8 heteroatoms. The van der Waals surface area contributed by atoms with E-state index in [2.05, 4.69) is 17.9 Å². The molecule has 2 aliphatic heterocycles. The molecular formula is C29H34N4O3S. The number of nitrogens with zero attached hydrogens (tertiary/aromatic N) is 2. The number of hydrogen-bond donors (Lipinski definition) is 3. The standard InChI is InChI=1S/C29H34N4O3S/c30-18-36-21-10-8-19(9-11-21)24-12-14-29(28(35)31-20-6-4-2-1-3-5-7-20)17-32-25(13-15-37)22-16-23(22)26(32)27(34)33(24)29/h8-15,20,24,37H,1-7,16-18,30H2,(H,31,35)/b15-13-. The van der Waals surface area contributed by atoms with Crippen LogP contribution in [0, 0.1) is 0 Å². The topological polar surface area (TPSA) is 89.6 Å².